The third-order valence-corrected chi connectivity index (χ3v) is 2.61. The van der Waals surface area contributed by atoms with Crippen LogP contribution in [0.1, 0.15) is 15.9 Å². The van der Waals surface area contributed by atoms with Crippen LogP contribution in [0.25, 0.3) is 0 Å². The molecule has 0 aliphatic heterocycles. The molecule has 0 aliphatic rings. The molecule has 0 unspecified atom stereocenters. The number of carbonyl (C=O) groups is 2. The number of ether oxygens (including phenoxy) is 1. The summed E-state index contributed by atoms with van der Waals surface area (Å²) in [5, 5.41) is 0. The number of nitrogens with two attached hydrogens (primary N) is 2. The normalized spacial score (nSPS) is 9.94. The molecular formula is C12H17N3O3. The number of hydrogen-bond acceptors (Lipinski definition) is 5. The van der Waals surface area contributed by atoms with Gasteiger partial charge in [-0.05, 0) is 24.6 Å². The van der Waals surface area contributed by atoms with Crippen LogP contribution >= 0.6 is 0 Å². The lowest BCUT2D eigenvalue weighted by Crippen LogP contribution is -2.30. The Morgan fingerprint density at radius 1 is 1.39 bits per heavy atom. The summed E-state index contributed by atoms with van der Waals surface area (Å²) < 4.78 is 4.66. The van der Waals surface area contributed by atoms with Crippen LogP contribution < -0.4 is 16.4 Å². The van der Waals surface area contributed by atoms with E-state index in [-0.39, 0.29) is 12.1 Å². The molecule has 0 spiro atoms. The number of primary amides is 1. The highest BCUT2D eigenvalue weighted by atomic mass is 16.5. The lowest BCUT2D eigenvalue weighted by molar-refractivity contribution is -0.116. The van der Waals surface area contributed by atoms with E-state index in [1.807, 2.05) is 0 Å². The van der Waals surface area contributed by atoms with Gasteiger partial charge in [0.25, 0.3) is 0 Å². The summed E-state index contributed by atoms with van der Waals surface area (Å²) in [4.78, 5) is 24.1. The van der Waals surface area contributed by atoms with Gasteiger partial charge in [0.15, 0.2) is 0 Å². The van der Waals surface area contributed by atoms with Crippen LogP contribution in [-0.2, 0) is 9.53 Å². The van der Waals surface area contributed by atoms with Crippen molar-refractivity contribution in [1.29, 1.82) is 0 Å². The van der Waals surface area contributed by atoms with Crippen molar-refractivity contribution < 1.29 is 14.3 Å². The molecule has 1 aromatic rings. The van der Waals surface area contributed by atoms with E-state index < -0.39 is 11.9 Å². The van der Waals surface area contributed by atoms with Gasteiger partial charge in [0.2, 0.25) is 5.91 Å². The van der Waals surface area contributed by atoms with Crippen molar-refractivity contribution in [3.8, 4) is 0 Å². The van der Waals surface area contributed by atoms with Crippen molar-refractivity contribution in [2.75, 3.05) is 31.3 Å². The minimum absolute atomic E-state index is 0.0595. The van der Waals surface area contributed by atoms with E-state index in [1.165, 1.54) is 7.11 Å². The van der Waals surface area contributed by atoms with E-state index >= 15 is 0 Å². The average Bonchev–Trinajstić information content (AvgIpc) is 2.30. The highest BCUT2D eigenvalue weighted by Gasteiger charge is 2.15. The zero-order valence-corrected chi connectivity index (χ0v) is 10.7. The molecule has 98 valence electrons. The molecule has 0 radical (unpaired) electrons. The van der Waals surface area contributed by atoms with Crippen LogP contribution in [0, 0.1) is 6.92 Å². The zero-order chi connectivity index (χ0) is 13.9. The highest BCUT2D eigenvalue weighted by molar-refractivity contribution is 5.97. The number of esters is 1. The molecular weight excluding hydrogens is 234 g/mol. The van der Waals surface area contributed by atoms with Gasteiger partial charge in [-0.2, -0.15) is 0 Å². The number of carbonyl (C=O) groups excluding carboxylic acids is 2. The molecule has 0 saturated heterocycles. The summed E-state index contributed by atoms with van der Waals surface area (Å²) in [5.41, 5.74) is 13.0. The molecule has 1 rings (SSSR count). The van der Waals surface area contributed by atoms with E-state index in [9.17, 15) is 9.59 Å². The van der Waals surface area contributed by atoms with Gasteiger partial charge in [-0.1, -0.05) is 0 Å². The van der Waals surface area contributed by atoms with E-state index in [2.05, 4.69) is 4.74 Å². The number of aryl methyl sites for hydroxylation is 1. The van der Waals surface area contributed by atoms with Gasteiger partial charge in [0, 0.05) is 18.4 Å². The Kier molecular flexibility index (Phi) is 4.14. The highest BCUT2D eigenvalue weighted by Crippen LogP contribution is 2.25. The molecule has 0 atom stereocenters. The second-order valence-electron chi connectivity index (χ2n) is 4.04. The van der Waals surface area contributed by atoms with Crippen LogP contribution in [0.5, 0.6) is 0 Å². The number of anilines is 2. The number of rotatable bonds is 4. The summed E-state index contributed by atoms with van der Waals surface area (Å²) in [6, 6.07) is 3.36. The van der Waals surface area contributed by atoms with Crippen LogP contribution in [0.4, 0.5) is 11.4 Å². The molecule has 0 aromatic heterocycles. The zero-order valence-electron chi connectivity index (χ0n) is 10.7. The number of nitrogen functional groups attached to an aromatic ring is 1. The molecule has 0 saturated carbocycles. The predicted octanol–water partition coefficient (Wildman–Crippen LogP) is 0.285. The Morgan fingerprint density at radius 3 is 2.50 bits per heavy atom. The maximum absolute atomic E-state index is 11.6. The standard InChI is InChI=1S/C12H17N3O3/c1-7-4-8(15(2)6-10(13)16)5-9(11(7)14)12(17)18-3/h4-5H,6,14H2,1-3H3,(H2,13,16). The van der Waals surface area contributed by atoms with E-state index in [1.54, 1.807) is 31.0 Å². The van der Waals surface area contributed by atoms with Gasteiger partial charge in [-0.15, -0.1) is 0 Å². The molecule has 18 heavy (non-hydrogen) atoms. The van der Waals surface area contributed by atoms with Gasteiger partial charge in [-0.25, -0.2) is 4.79 Å². The van der Waals surface area contributed by atoms with Crippen molar-refractivity contribution in [2.24, 2.45) is 5.73 Å². The van der Waals surface area contributed by atoms with Crippen molar-refractivity contribution in [3.63, 3.8) is 0 Å². The molecule has 4 N–H and O–H groups in total. The van der Waals surface area contributed by atoms with Gasteiger partial charge in [-0.3, -0.25) is 4.79 Å². The van der Waals surface area contributed by atoms with Crippen LogP contribution in [-0.4, -0.2) is 32.6 Å². The van der Waals surface area contributed by atoms with Crippen LogP contribution in [0.3, 0.4) is 0 Å². The van der Waals surface area contributed by atoms with Crippen molar-refractivity contribution >= 4 is 23.3 Å². The number of hydrogen-bond donors (Lipinski definition) is 2. The molecule has 1 aromatic carbocycles. The summed E-state index contributed by atoms with van der Waals surface area (Å²) in [6.07, 6.45) is 0. The van der Waals surface area contributed by atoms with E-state index in [0.717, 1.165) is 5.56 Å². The molecule has 0 bridgehead atoms. The third kappa shape index (κ3) is 2.91. The maximum atomic E-state index is 11.6. The van der Waals surface area contributed by atoms with Gasteiger partial charge in [0.05, 0.1) is 19.2 Å². The minimum Gasteiger partial charge on any atom is -0.465 e. The van der Waals surface area contributed by atoms with Gasteiger partial charge >= 0.3 is 5.97 Å². The Morgan fingerprint density at radius 2 is 2.00 bits per heavy atom. The Bertz CT molecular complexity index is 486. The predicted molar refractivity (Wildman–Crippen MR) is 69.4 cm³/mol. The number of nitrogens with zero attached hydrogens (tertiary/aromatic N) is 1. The second kappa shape index (κ2) is 5.39. The summed E-state index contributed by atoms with van der Waals surface area (Å²) >= 11 is 0. The first-order valence-corrected chi connectivity index (χ1v) is 5.34. The fraction of sp³-hybridized carbons (Fsp3) is 0.333. The van der Waals surface area contributed by atoms with E-state index in [4.69, 9.17) is 11.5 Å². The maximum Gasteiger partial charge on any atom is 0.340 e. The first-order chi connectivity index (χ1) is 8.36. The van der Waals surface area contributed by atoms with Crippen LogP contribution in [0.15, 0.2) is 12.1 Å². The lowest BCUT2D eigenvalue weighted by Gasteiger charge is -2.19. The molecule has 6 heteroatoms. The Balaban J connectivity index is 3.19. The molecule has 0 fully saturated rings. The summed E-state index contributed by atoms with van der Waals surface area (Å²) in [6.45, 7) is 1.84. The van der Waals surface area contributed by atoms with E-state index in [0.29, 0.717) is 11.4 Å². The first kappa shape index (κ1) is 13.8. The Labute approximate surface area is 105 Å². The average molecular weight is 251 g/mol. The van der Waals surface area contributed by atoms with Gasteiger partial charge in [0.1, 0.15) is 0 Å². The second-order valence-corrected chi connectivity index (χ2v) is 4.04. The van der Waals surface area contributed by atoms with Crippen molar-refractivity contribution in [2.45, 2.75) is 6.92 Å². The minimum atomic E-state index is -0.509. The number of likely N-dealkylation sites (N-methyl/N-ethyl adjacent to an activating group) is 1. The smallest absolute Gasteiger partial charge is 0.340 e. The molecule has 1 amide bonds. The van der Waals surface area contributed by atoms with Crippen molar-refractivity contribution in [1.82, 2.24) is 0 Å². The SMILES string of the molecule is COC(=O)c1cc(N(C)CC(N)=O)cc(C)c1N. The molecule has 0 aliphatic carbocycles. The monoisotopic (exact) mass is 251 g/mol. The van der Waals surface area contributed by atoms with Crippen molar-refractivity contribution in [3.05, 3.63) is 23.3 Å². The Hall–Kier alpha value is -2.24. The quantitative estimate of drug-likeness (QED) is 0.591. The number of methoxy groups -OCH3 is 1. The lowest BCUT2D eigenvalue weighted by atomic mass is 10.1. The molecule has 0 heterocycles. The topological polar surface area (TPSA) is 98.6 Å². The fourth-order valence-corrected chi connectivity index (χ4v) is 1.60. The van der Waals surface area contributed by atoms with Crippen LogP contribution in [0.2, 0.25) is 0 Å². The van der Waals surface area contributed by atoms with Gasteiger partial charge < -0.3 is 21.1 Å². The molecule has 6 nitrogen and oxygen atoms in total. The summed E-state index contributed by atoms with van der Waals surface area (Å²) in [5.74, 6) is -0.962. The summed E-state index contributed by atoms with van der Waals surface area (Å²) in [7, 11) is 2.99. The number of benzene rings is 1. The third-order valence-electron chi connectivity index (χ3n) is 2.61. The fourth-order valence-electron chi connectivity index (χ4n) is 1.60. The largest absolute Gasteiger partial charge is 0.465 e. The first-order valence-electron chi connectivity index (χ1n) is 5.34. The number of amides is 1.